The molecule has 1 fully saturated rings. The number of carbonyl (C=O) groups excluding carboxylic acids is 1. The summed E-state index contributed by atoms with van der Waals surface area (Å²) >= 11 is 1.46. The Morgan fingerprint density at radius 2 is 1.95 bits per heavy atom. The van der Waals surface area contributed by atoms with Crippen LogP contribution in [-0.2, 0) is 0 Å². The SMILES string of the molecule is Cc1c(C(=O)N2CCCC2)sc2nnc(C(C)C)n12. The van der Waals surface area contributed by atoms with Gasteiger partial charge in [-0.2, -0.15) is 0 Å². The summed E-state index contributed by atoms with van der Waals surface area (Å²) in [6.07, 6.45) is 2.23. The molecule has 3 rings (SSSR count). The largest absolute Gasteiger partial charge is 0.338 e. The van der Waals surface area contributed by atoms with E-state index < -0.39 is 0 Å². The summed E-state index contributed by atoms with van der Waals surface area (Å²) in [6, 6.07) is 0. The van der Waals surface area contributed by atoms with Gasteiger partial charge in [0.15, 0.2) is 0 Å². The highest BCUT2D eigenvalue weighted by Crippen LogP contribution is 2.27. The number of aromatic nitrogens is 3. The molecule has 0 aromatic carbocycles. The summed E-state index contributed by atoms with van der Waals surface area (Å²) in [7, 11) is 0. The van der Waals surface area contributed by atoms with E-state index in [0.717, 1.165) is 47.3 Å². The fraction of sp³-hybridized carbons (Fsp3) is 0.615. The Morgan fingerprint density at radius 3 is 2.58 bits per heavy atom. The van der Waals surface area contributed by atoms with Gasteiger partial charge in [0, 0.05) is 24.7 Å². The first kappa shape index (κ1) is 12.6. The second-order valence-corrected chi connectivity index (χ2v) is 6.32. The first-order valence-electron chi connectivity index (χ1n) is 6.73. The van der Waals surface area contributed by atoms with E-state index in [0.29, 0.717) is 5.92 Å². The van der Waals surface area contributed by atoms with E-state index in [-0.39, 0.29) is 5.91 Å². The van der Waals surface area contributed by atoms with Crippen molar-refractivity contribution in [3.05, 3.63) is 16.4 Å². The molecule has 19 heavy (non-hydrogen) atoms. The van der Waals surface area contributed by atoms with Crippen molar-refractivity contribution in [1.29, 1.82) is 0 Å². The highest BCUT2D eigenvalue weighted by molar-refractivity contribution is 7.19. The quantitative estimate of drug-likeness (QED) is 0.848. The van der Waals surface area contributed by atoms with Crippen molar-refractivity contribution in [2.45, 2.75) is 39.5 Å². The minimum absolute atomic E-state index is 0.153. The van der Waals surface area contributed by atoms with Crippen LogP contribution in [-0.4, -0.2) is 38.5 Å². The van der Waals surface area contributed by atoms with Crippen molar-refractivity contribution in [3.8, 4) is 0 Å². The molecule has 0 aliphatic carbocycles. The first-order chi connectivity index (χ1) is 9.09. The summed E-state index contributed by atoms with van der Waals surface area (Å²) in [4.78, 5) is 16.1. The van der Waals surface area contributed by atoms with Crippen molar-refractivity contribution in [2.75, 3.05) is 13.1 Å². The number of nitrogens with zero attached hydrogens (tertiary/aromatic N) is 4. The number of thiazole rings is 1. The van der Waals surface area contributed by atoms with Gasteiger partial charge in [-0.25, -0.2) is 0 Å². The van der Waals surface area contributed by atoms with Crippen LogP contribution in [0.2, 0.25) is 0 Å². The second kappa shape index (κ2) is 4.59. The molecule has 3 heterocycles. The molecule has 2 aromatic rings. The topological polar surface area (TPSA) is 50.5 Å². The molecule has 0 bridgehead atoms. The van der Waals surface area contributed by atoms with Crippen molar-refractivity contribution in [1.82, 2.24) is 19.5 Å². The van der Waals surface area contributed by atoms with Crippen LogP contribution >= 0.6 is 11.3 Å². The average Bonchev–Trinajstić information content (AvgIpc) is 3.05. The minimum Gasteiger partial charge on any atom is -0.338 e. The van der Waals surface area contributed by atoms with Gasteiger partial charge < -0.3 is 4.90 Å². The minimum atomic E-state index is 0.153. The van der Waals surface area contributed by atoms with Gasteiger partial charge in [-0.3, -0.25) is 9.20 Å². The Labute approximate surface area is 116 Å². The number of rotatable bonds is 2. The van der Waals surface area contributed by atoms with Gasteiger partial charge in [0.05, 0.1) is 0 Å². The Hall–Kier alpha value is -1.43. The lowest BCUT2D eigenvalue weighted by Gasteiger charge is -2.14. The third-order valence-corrected chi connectivity index (χ3v) is 4.74. The number of fused-ring (bicyclic) bond motifs is 1. The molecule has 0 spiro atoms. The molecule has 2 aromatic heterocycles. The zero-order valence-electron chi connectivity index (χ0n) is 11.5. The van der Waals surface area contributed by atoms with Crippen LogP contribution in [0.5, 0.6) is 0 Å². The molecule has 0 N–H and O–H groups in total. The third kappa shape index (κ3) is 1.94. The highest BCUT2D eigenvalue weighted by Gasteiger charge is 2.26. The summed E-state index contributed by atoms with van der Waals surface area (Å²) in [5.41, 5.74) is 0.977. The average molecular weight is 278 g/mol. The van der Waals surface area contributed by atoms with E-state index in [2.05, 4.69) is 24.0 Å². The van der Waals surface area contributed by atoms with E-state index >= 15 is 0 Å². The number of carbonyl (C=O) groups is 1. The molecule has 0 saturated carbocycles. The van der Waals surface area contributed by atoms with Crippen LogP contribution in [0.3, 0.4) is 0 Å². The summed E-state index contributed by atoms with van der Waals surface area (Å²) in [6.45, 7) is 7.94. The molecule has 1 amide bonds. The molecule has 1 aliphatic rings. The smallest absolute Gasteiger partial charge is 0.265 e. The van der Waals surface area contributed by atoms with Crippen LogP contribution in [0, 0.1) is 6.92 Å². The van der Waals surface area contributed by atoms with Crippen molar-refractivity contribution in [2.24, 2.45) is 0 Å². The molecule has 1 saturated heterocycles. The third-order valence-electron chi connectivity index (χ3n) is 3.62. The van der Waals surface area contributed by atoms with E-state index in [1.54, 1.807) is 0 Å². The Balaban J connectivity index is 2.05. The molecule has 0 atom stereocenters. The molecule has 1 aliphatic heterocycles. The maximum absolute atomic E-state index is 12.5. The van der Waals surface area contributed by atoms with Crippen molar-refractivity contribution >= 4 is 22.2 Å². The Bertz CT molecular complexity index is 622. The standard InChI is InChI=1S/C13H18N4OS/c1-8(2)11-14-15-13-17(11)9(3)10(19-13)12(18)16-6-4-5-7-16/h8H,4-7H2,1-3H3. The number of amides is 1. The lowest BCUT2D eigenvalue weighted by atomic mass is 10.2. The molecular weight excluding hydrogens is 260 g/mol. The second-order valence-electron chi connectivity index (χ2n) is 5.35. The molecule has 102 valence electrons. The van der Waals surface area contributed by atoms with Gasteiger partial charge in [-0.05, 0) is 19.8 Å². The van der Waals surface area contributed by atoms with Crippen LogP contribution in [0.25, 0.3) is 4.96 Å². The van der Waals surface area contributed by atoms with Crippen molar-refractivity contribution < 1.29 is 4.79 Å². The number of hydrogen-bond acceptors (Lipinski definition) is 4. The zero-order valence-corrected chi connectivity index (χ0v) is 12.3. The van der Waals surface area contributed by atoms with Crippen LogP contribution in [0.1, 0.15) is 53.8 Å². The van der Waals surface area contributed by atoms with Crippen LogP contribution in [0.4, 0.5) is 0 Å². The molecular formula is C13H18N4OS. The maximum atomic E-state index is 12.5. The van der Waals surface area contributed by atoms with E-state index in [1.807, 2.05) is 16.2 Å². The molecule has 0 unspecified atom stereocenters. The van der Waals surface area contributed by atoms with Crippen LogP contribution < -0.4 is 0 Å². The van der Waals surface area contributed by atoms with Crippen LogP contribution in [0.15, 0.2) is 0 Å². The molecule has 6 heteroatoms. The Kier molecular flexibility index (Phi) is 3.05. The summed E-state index contributed by atoms with van der Waals surface area (Å²) in [5, 5.41) is 8.40. The van der Waals surface area contributed by atoms with Gasteiger partial charge in [0.1, 0.15) is 10.7 Å². The summed E-state index contributed by atoms with van der Waals surface area (Å²) in [5.74, 6) is 1.39. The van der Waals surface area contributed by atoms with E-state index in [9.17, 15) is 4.79 Å². The maximum Gasteiger partial charge on any atom is 0.265 e. The highest BCUT2D eigenvalue weighted by atomic mass is 32.1. The lowest BCUT2D eigenvalue weighted by molar-refractivity contribution is 0.0796. The Morgan fingerprint density at radius 1 is 1.26 bits per heavy atom. The van der Waals surface area contributed by atoms with Gasteiger partial charge >= 0.3 is 0 Å². The van der Waals surface area contributed by atoms with Gasteiger partial charge in [-0.15, -0.1) is 10.2 Å². The van der Waals surface area contributed by atoms with Gasteiger partial charge in [0.2, 0.25) is 4.96 Å². The predicted octanol–water partition coefficient (Wildman–Crippen LogP) is 2.46. The van der Waals surface area contributed by atoms with Gasteiger partial charge in [-0.1, -0.05) is 25.2 Å². The van der Waals surface area contributed by atoms with E-state index in [1.165, 1.54) is 11.3 Å². The van der Waals surface area contributed by atoms with Gasteiger partial charge in [0.25, 0.3) is 5.91 Å². The fourth-order valence-electron chi connectivity index (χ4n) is 2.57. The number of likely N-dealkylation sites (tertiary alicyclic amines) is 1. The first-order valence-corrected chi connectivity index (χ1v) is 7.55. The normalized spacial score (nSPS) is 15.9. The lowest BCUT2D eigenvalue weighted by Crippen LogP contribution is -2.27. The van der Waals surface area contributed by atoms with E-state index in [4.69, 9.17) is 0 Å². The predicted molar refractivity (Wildman–Crippen MR) is 74.8 cm³/mol. The van der Waals surface area contributed by atoms with Crippen molar-refractivity contribution in [3.63, 3.8) is 0 Å². The fourth-order valence-corrected chi connectivity index (χ4v) is 3.61. The summed E-state index contributed by atoms with van der Waals surface area (Å²) < 4.78 is 2.03. The number of hydrogen-bond donors (Lipinski definition) is 0. The zero-order chi connectivity index (χ0) is 13.6. The number of aryl methyl sites for hydroxylation is 1. The monoisotopic (exact) mass is 278 g/mol. The molecule has 5 nitrogen and oxygen atoms in total. The molecule has 0 radical (unpaired) electrons.